The number of thiophene rings is 1. The Morgan fingerprint density at radius 3 is 2.62 bits per heavy atom. The van der Waals surface area contributed by atoms with Crippen LogP contribution in [0.4, 0.5) is 0 Å². The third-order valence-corrected chi connectivity index (χ3v) is 4.48. The fraction of sp³-hybridized carbons (Fsp3) is 0.467. The predicted octanol–water partition coefficient (Wildman–Crippen LogP) is 1.17. The first-order valence-corrected chi connectivity index (χ1v) is 7.74. The van der Waals surface area contributed by atoms with E-state index in [4.69, 9.17) is 0 Å². The van der Waals surface area contributed by atoms with Crippen molar-refractivity contribution in [2.24, 2.45) is 14.1 Å². The summed E-state index contributed by atoms with van der Waals surface area (Å²) in [5.74, 6) is 0. The van der Waals surface area contributed by atoms with E-state index < -0.39 is 0 Å². The average molecular weight is 307 g/mol. The van der Waals surface area contributed by atoms with Crippen molar-refractivity contribution in [3.63, 3.8) is 0 Å². The highest BCUT2D eigenvalue weighted by Gasteiger charge is 2.09. The molecule has 1 atom stereocenters. The second kappa shape index (κ2) is 6.41. The van der Waals surface area contributed by atoms with Crippen molar-refractivity contribution in [3.05, 3.63) is 54.5 Å². The number of nitrogens with zero attached hydrogens (tertiary/aromatic N) is 2. The molecule has 5 nitrogen and oxygen atoms in total. The molecule has 2 rings (SSSR count). The van der Waals surface area contributed by atoms with E-state index in [1.807, 2.05) is 0 Å². The Morgan fingerprint density at radius 2 is 2.00 bits per heavy atom. The van der Waals surface area contributed by atoms with Crippen molar-refractivity contribution in [1.82, 2.24) is 14.5 Å². The maximum atomic E-state index is 12.0. The van der Waals surface area contributed by atoms with E-state index in [-0.39, 0.29) is 17.3 Å². The first-order chi connectivity index (χ1) is 9.88. The Bertz CT molecular complexity index is 742. The van der Waals surface area contributed by atoms with Gasteiger partial charge in [0.2, 0.25) is 0 Å². The lowest BCUT2D eigenvalue weighted by molar-refractivity contribution is 0.537. The Labute approximate surface area is 127 Å². The Hall–Kier alpha value is -1.66. The minimum atomic E-state index is -0.300. The number of hydrogen-bond donors (Lipinski definition) is 1. The summed E-state index contributed by atoms with van der Waals surface area (Å²) >= 11 is 1.80. The van der Waals surface area contributed by atoms with Crippen LogP contribution in [0.5, 0.6) is 0 Å². The fourth-order valence-electron chi connectivity index (χ4n) is 2.26. The van der Waals surface area contributed by atoms with Crippen molar-refractivity contribution in [2.45, 2.75) is 32.9 Å². The molecular formula is C15H21N3O2S. The first-order valence-electron chi connectivity index (χ1n) is 6.92. The molecule has 0 aliphatic heterocycles. The van der Waals surface area contributed by atoms with Crippen molar-refractivity contribution in [2.75, 3.05) is 0 Å². The van der Waals surface area contributed by atoms with Gasteiger partial charge in [-0.3, -0.25) is 9.36 Å². The van der Waals surface area contributed by atoms with Crippen LogP contribution in [0.1, 0.15) is 22.2 Å². The molecule has 0 aromatic carbocycles. The zero-order valence-corrected chi connectivity index (χ0v) is 13.7. The van der Waals surface area contributed by atoms with Crippen molar-refractivity contribution in [1.29, 1.82) is 0 Å². The van der Waals surface area contributed by atoms with E-state index in [1.165, 1.54) is 21.4 Å². The van der Waals surface area contributed by atoms with Gasteiger partial charge in [0, 0.05) is 48.2 Å². The third-order valence-electron chi connectivity index (χ3n) is 3.46. The normalized spacial score (nSPS) is 12.6. The fourth-order valence-corrected chi connectivity index (χ4v) is 3.28. The number of rotatable bonds is 5. The lowest BCUT2D eigenvalue weighted by Gasteiger charge is -2.13. The average Bonchev–Trinajstić information content (AvgIpc) is 2.84. The van der Waals surface area contributed by atoms with E-state index >= 15 is 0 Å². The smallest absolute Gasteiger partial charge is 0.310 e. The first kappa shape index (κ1) is 15.7. The summed E-state index contributed by atoms with van der Waals surface area (Å²) in [6, 6.07) is 4.53. The van der Waals surface area contributed by atoms with Gasteiger partial charge in [-0.05, 0) is 32.4 Å². The Kier molecular flexibility index (Phi) is 4.80. The van der Waals surface area contributed by atoms with Gasteiger partial charge in [-0.15, -0.1) is 11.3 Å². The van der Waals surface area contributed by atoms with Gasteiger partial charge in [0.05, 0.1) is 0 Å². The molecule has 114 valence electrons. The molecule has 0 aliphatic rings. The summed E-state index contributed by atoms with van der Waals surface area (Å²) < 4.78 is 2.58. The minimum absolute atomic E-state index is 0.232. The van der Waals surface area contributed by atoms with Crippen molar-refractivity contribution < 1.29 is 0 Å². The topological polar surface area (TPSA) is 56.0 Å². The summed E-state index contributed by atoms with van der Waals surface area (Å²) in [5.41, 5.74) is 0.0736. The Morgan fingerprint density at radius 1 is 1.29 bits per heavy atom. The second-order valence-corrected chi connectivity index (χ2v) is 6.78. The van der Waals surface area contributed by atoms with Crippen molar-refractivity contribution >= 4 is 11.3 Å². The molecule has 0 fully saturated rings. The van der Waals surface area contributed by atoms with E-state index in [0.717, 1.165) is 11.0 Å². The number of aromatic nitrogens is 2. The second-order valence-electron chi connectivity index (χ2n) is 5.41. The molecule has 0 spiro atoms. The third kappa shape index (κ3) is 3.71. The van der Waals surface area contributed by atoms with Crippen LogP contribution in [0.3, 0.4) is 0 Å². The van der Waals surface area contributed by atoms with Gasteiger partial charge >= 0.3 is 5.69 Å². The van der Waals surface area contributed by atoms with Gasteiger partial charge in [0.15, 0.2) is 0 Å². The number of aryl methyl sites for hydroxylation is 2. The minimum Gasteiger partial charge on any atom is -0.310 e. The highest BCUT2D eigenvalue weighted by Crippen LogP contribution is 2.16. The van der Waals surface area contributed by atoms with Crippen LogP contribution >= 0.6 is 11.3 Å². The van der Waals surface area contributed by atoms with Crippen LogP contribution in [0.25, 0.3) is 0 Å². The molecule has 0 amide bonds. The molecule has 1 unspecified atom stereocenters. The largest absolute Gasteiger partial charge is 0.330 e. The summed E-state index contributed by atoms with van der Waals surface area (Å²) in [6.07, 6.45) is 2.55. The monoisotopic (exact) mass is 307 g/mol. The Balaban J connectivity index is 2.03. The SMILES string of the molecule is Cc1ccc(CC(C)NCc2cn(C)c(=O)n(C)c2=O)s1. The van der Waals surface area contributed by atoms with Crippen LogP contribution < -0.4 is 16.6 Å². The molecule has 2 aromatic heterocycles. The van der Waals surface area contributed by atoms with Crippen LogP contribution in [-0.2, 0) is 27.1 Å². The molecule has 21 heavy (non-hydrogen) atoms. The van der Waals surface area contributed by atoms with Gasteiger partial charge in [-0.25, -0.2) is 4.79 Å². The molecular weight excluding hydrogens is 286 g/mol. The van der Waals surface area contributed by atoms with Crippen LogP contribution in [0, 0.1) is 6.92 Å². The predicted molar refractivity (Wildman–Crippen MR) is 86.0 cm³/mol. The highest BCUT2D eigenvalue weighted by molar-refractivity contribution is 7.11. The molecule has 2 heterocycles. The maximum Gasteiger partial charge on any atom is 0.330 e. The van der Waals surface area contributed by atoms with Gasteiger partial charge in [-0.2, -0.15) is 0 Å². The van der Waals surface area contributed by atoms with Crippen molar-refractivity contribution in [3.8, 4) is 0 Å². The van der Waals surface area contributed by atoms with Crippen LogP contribution in [0.15, 0.2) is 27.9 Å². The standard InChI is InChI=1S/C15H21N3O2S/c1-10(7-13-6-5-11(2)21-13)16-8-12-9-17(3)15(20)18(4)14(12)19/h5-6,9-10,16H,7-8H2,1-4H3. The lowest BCUT2D eigenvalue weighted by atomic mass is 10.2. The lowest BCUT2D eigenvalue weighted by Crippen LogP contribution is -2.40. The van der Waals surface area contributed by atoms with E-state index in [9.17, 15) is 9.59 Å². The summed E-state index contributed by atoms with van der Waals surface area (Å²) in [4.78, 5) is 26.3. The molecule has 1 N–H and O–H groups in total. The zero-order valence-electron chi connectivity index (χ0n) is 12.8. The van der Waals surface area contributed by atoms with E-state index in [0.29, 0.717) is 12.1 Å². The molecule has 0 saturated carbocycles. The number of nitrogens with one attached hydrogen (secondary N) is 1. The molecule has 0 radical (unpaired) electrons. The van der Waals surface area contributed by atoms with Crippen LogP contribution in [-0.4, -0.2) is 15.2 Å². The summed E-state index contributed by atoms with van der Waals surface area (Å²) in [5, 5.41) is 3.35. The summed E-state index contributed by atoms with van der Waals surface area (Å²) in [6.45, 7) is 4.66. The molecule has 0 aliphatic carbocycles. The van der Waals surface area contributed by atoms with Gasteiger partial charge in [0.25, 0.3) is 5.56 Å². The maximum absolute atomic E-state index is 12.0. The van der Waals surface area contributed by atoms with Gasteiger partial charge < -0.3 is 9.88 Å². The quantitative estimate of drug-likeness (QED) is 0.902. The van der Waals surface area contributed by atoms with Crippen LogP contribution in [0.2, 0.25) is 0 Å². The van der Waals surface area contributed by atoms with Gasteiger partial charge in [0.1, 0.15) is 0 Å². The zero-order chi connectivity index (χ0) is 15.6. The number of hydrogen-bond acceptors (Lipinski definition) is 4. The summed E-state index contributed by atoms with van der Waals surface area (Å²) in [7, 11) is 3.16. The molecule has 0 saturated heterocycles. The highest BCUT2D eigenvalue weighted by atomic mass is 32.1. The molecule has 0 bridgehead atoms. The molecule has 6 heteroatoms. The molecule has 2 aromatic rings. The van der Waals surface area contributed by atoms with Gasteiger partial charge in [-0.1, -0.05) is 0 Å². The van der Waals surface area contributed by atoms with E-state index in [2.05, 4.69) is 31.3 Å². The van der Waals surface area contributed by atoms with E-state index in [1.54, 1.807) is 24.6 Å².